The number of carboxylic acid groups (broad SMARTS) is 1. The lowest BCUT2D eigenvalue weighted by Crippen LogP contribution is -2.55. The van der Waals surface area contributed by atoms with Gasteiger partial charge in [0.05, 0.1) is 11.5 Å². The summed E-state index contributed by atoms with van der Waals surface area (Å²) in [6.45, 7) is 2.83. The summed E-state index contributed by atoms with van der Waals surface area (Å²) in [5, 5.41) is 9.16. The van der Waals surface area contributed by atoms with E-state index in [1.165, 1.54) is 0 Å². The molecule has 0 spiro atoms. The minimum absolute atomic E-state index is 0.0170. The average Bonchev–Trinajstić information content (AvgIpc) is 3.07. The number of amides is 3. The number of nitrogens with zero attached hydrogens (tertiary/aromatic N) is 4. The number of urea groups is 1. The Morgan fingerprint density at radius 2 is 1.72 bits per heavy atom. The van der Waals surface area contributed by atoms with E-state index in [0.29, 0.717) is 44.7 Å². The molecule has 0 aromatic carbocycles. The number of aryl methyl sites for hydroxylation is 1. The number of likely N-dealkylation sites (tertiary alicyclic amines) is 1. The quantitative estimate of drug-likeness (QED) is 0.852. The summed E-state index contributed by atoms with van der Waals surface area (Å²) in [6, 6.07) is 1.68. The van der Waals surface area contributed by atoms with Crippen molar-refractivity contribution < 1.29 is 19.5 Å². The fourth-order valence-electron chi connectivity index (χ4n) is 3.47. The first kappa shape index (κ1) is 17.3. The maximum atomic E-state index is 12.6. The maximum absolute atomic E-state index is 12.6. The largest absolute Gasteiger partial charge is 0.481 e. The zero-order valence-corrected chi connectivity index (χ0v) is 14.4. The van der Waals surface area contributed by atoms with Gasteiger partial charge in [0.2, 0.25) is 0 Å². The van der Waals surface area contributed by atoms with Crippen LogP contribution in [0.15, 0.2) is 18.5 Å². The number of hydrogen-bond acceptors (Lipinski definition) is 3. The van der Waals surface area contributed by atoms with Crippen LogP contribution < -0.4 is 0 Å². The Labute approximate surface area is 146 Å². The fraction of sp³-hybridized carbons (Fsp3) is 0.588. The molecule has 2 aliphatic heterocycles. The second kappa shape index (κ2) is 7.16. The SMILES string of the molecule is Cn1ccc(C(=O)N2CCN(C(=O)N3CCCC(C(=O)O)C3)CC2)c1. The molecule has 2 aliphatic rings. The van der Waals surface area contributed by atoms with Crippen molar-refractivity contribution in [1.82, 2.24) is 19.3 Å². The van der Waals surface area contributed by atoms with E-state index >= 15 is 0 Å². The molecule has 0 radical (unpaired) electrons. The fourth-order valence-corrected chi connectivity index (χ4v) is 3.47. The van der Waals surface area contributed by atoms with E-state index in [1.54, 1.807) is 27.0 Å². The number of carbonyl (C=O) groups excluding carboxylic acids is 2. The standard InChI is InChI=1S/C17H24N4O4/c1-18-6-4-13(11-18)15(22)19-7-9-20(10-8-19)17(25)21-5-2-3-14(12-21)16(23)24/h4,6,11,14H,2-3,5,7-10,12H2,1H3,(H,23,24). The van der Waals surface area contributed by atoms with Gasteiger partial charge in [0.1, 0.15) is 0 Å². The van der Waals surface area contributed by atoms with E-state index in [1.807, 2.05) is 17.8 Å². The van der Waals surface area contributed by atoms with Gasteiger partial charge in [-0.3, -0.25) is 9.59 Å². The predicted octanol–water partition coefficient (Wildman–Crippen LogP) is 0.700. The van der Waals surface area contributed by atoms with Gasteiger partial charge in [-0.1, -0.05) is 0 Å². The number of carboxylic acids is 1. The number of hydrogen-bond donors (Lipinski definition) is 1. The van der Waals surface area contributed by atoms with Crippen LogP contribution in [-0.2, 0) is 11.8 Å². The zero-order chi connectivity index (χ0) is 18.0. The Hall–Kier alpha value is -2.51. The van der Waals surface area contributed by atoms with Crippen molar-refractivity contribution in [2.75, 3.05) is 39.3 Å². The summed E-state index contributed by atoms with van der Waals surface area (Å²) in [6.07, 6.45) is 4.97. The summed E-state index contributed by atoms with van der Waals surface area (Å²) in [4.78, 5) is 41.3. The smallest absolute Gasteiger partial charge is 0.320 e. The number of carbonyl (C=O) groups is 3. The molecule has 1 atom stereocenters. The van der Waals surface area contributed by atoms with Crippen LogP contribution in [0, 0.1) is 5.92 Å². The predicted molar refractivity (Wildman–Crippen MR) is 90.2 cm³/mol. The van der Waals surface area contributed by atoms with Crippen LogP contribution in [0.2, 0.25) is 0 Å². The zero-order valence-electron chi connectivity index (χ0n) is 14.4. The first-order valence-electron chi connectivity index (χ1n) is 8.63. The van der Waals surface area contributed by atoms with Gasteiger partial charge in [-0.05, 0) is 18.9 Å². The molecular weight excluding hydrogens is 324 g/mol. The average molecular weight is 348 g/mol. The number of piperidine rings is 1. The van der Waals surface area contributed by atoms with E-state index in [0.717, 1.165) is 6.42 Å². The molecule has 0 saturated carbocycles. The van der Waals surface area contributed by atoms with Crippen molar-refractivity contribution >= 4 is 17.9 Å². The Bertz CT molecular complexity index is 663. The summed E-state index contributed by atoms with van der Waals surface area (Å²) >= 11 is 0. The Morgan fingerprint density at radius 1 is 1.04 bits per heavy atom. The van der Waals surface area contributed by atoms with Crippen molar-refractivity contribution in [3.8, 4) is 0 Å². The molecule has 2 fully saturated rings. The highest BCUT2D eigenvalue weighted by Crippen LogP contribution is 2.19. The normalized spacial score (nSPS) is 21.3. The molecule has 1 aromatic rings. The molecular formula is C17H24N4O4. The van der Waals surface area contributed by atoms with Gasteiger partial charge in [-0.25, -0.2) is 4.79 Å². The van der Waals surface area contributed by atoms with E-state index in [-0.39, 0.29) is 18.5 Å². The number of aromatic nitrogens is 1. The Kier molecular flexibility index (Phi) is 4.96. The minimum Gasteiger partial charge on any atom is -0.481 e. The van der Waals surface area contributed by atoms with Gasteiger partial charge in [-0.2, -0.15) is 0 Å². The second-order valence-electron chi connectivity index (χ2n) is 6.75. The number of rotatable bonds is 2. The van der Waals surface area contributed by atoms with Gasteiger partial charge in [-0.15, -0.1) is 0 Å². The van der Waals surface area contributed by atoms with Gasteiger partial charge in [0.25, 0.3) is 5.91 Å². The van der Waals surface area contributed by atoms with Gasteiger partial charge < -0.3 is 24.4 Å². The molecule has 3 rings (SSSR count). The van der Waals surface area contributed by atoms with E-state index in [4.69, 9.17) is 5.11 Å². The monoisotopic (exact) mass is 348 g/mol. The van der Waals surface area contributed by atoms with Gasteiger partial charge in [0.15, 0.2) is 0 Å². The minimum atomic E-state index is -0.837. The van der Waals surface area contributed by atoms with Crippen molar-refractivity contribution in [2.45, 2.75) is 12.8 Å². The third-order valence-electron chi connectivity index (χ3n) is 4.96. The van der Waals surface area contributed by atoms with Crippen molar-refractivity contribution in [3.63, 3.8) is 0 Å². The maximum Gasteiger partial charge on any atom is 0.320 e. The lowest BCUT2D eigenvalue weighted by molar-refractivity contribution is -0.143. The lowest BCUT2D eigenvalue weighted by Gasteiger charge is -2.39. The molecule has 0 bridgehead atoms. The highest BCUT2D eigenvalue weighted by molar-refractivity contribution is 5.94. The highest BCUT2D eigenvalue weighted by Gasteiger charge is 2.32. The van der Waals surface area contributed by atoms with Crippen LogP contribution in [0.25, 0.3) is 0 Å². The molecule has 1 aromatic heterocycles. The third kappa shape index (κ3) is 3.78. The first-order valence-corrected chi connectivity index (χ1v) is 8.63. The molecule has 1 unspecified atom stereocenters. The highest BCUT2D eigenvalue weighted by atomic mass is 16.4. The van der Waals surface area contributed by atoms with E-state index in [9.17, 15) is 14.4 Å². The molecule has 3 amide bonds. The van der Waals surface area contributed by atoms with E-state index < -0.39 is 11.9 Å². The van der Waals surface area contributed by atoms with Crippen LogP contribution in [0.1, 0.15) is 23.2 Å². The summed E-state index contributed by atoms with van der Waals surface area (Å²) in [5.41, 5.74) is 0.655. The van der Waals surface area contributed by atoms with Gasteiger partial charge >= 0.3 is 12.0 Å². The Balaban J connectivity index is 1.54. The van der Waals surface area contributed by atoms with Crippen LogP contribution in [0.5, 0.6) is 0 Å². The summed E-state index contributed by atoms with van der Waals surface area (Å²) in [7, 11) is 1.87. The second-order valence-corrected chi connectivity index (χ2v) is 6.75. The molecule has 2 saturated heterocycles. The molecule has 8 heteroatoms. The number of aliphatic carboxylic acids is 1. The molecule has 25 heavy (non-hydrogen) atoms. The van der Waals surface area contributed by atoms with Crippen LogP contribution in [0.3, 0.4) is 0 Å². The van der Waals surface area contributed by atoms with Crippen LogP contribution >= 0.6 is 0 Å². The van der Waals surface area contributed by atoms with Crippen LogP contribution in [-0.4, -0.2) is 81.5 Å². The molecule has 136 valence electrons. The van der Waals surface area contributed by atoms with Crippen molar-refractivity contribution in [3.05, 3.63) is 24.0 Å². The first-order chi connectivity index (χ1) is 12.0. The Morgan fingerprint density at radius 3 is 2.32 bits per heavy atom. The summed E-state index contributed by atoms with van der Waals surface area (Å²) < 4.78 is 1.84. The lowest BCUT2D eigenvalue weighted by atomic mass is 9.98. The summed E-state index contributed by atoms with van der Waals surface area (Å²) in [5.74, 6) is -1.33. The third-order valence-corrected chi connectivity index (χ3v) is 4.96. The van der Waals surface area contributed by atoms with Gasteiger partial charge in [0, 0.05) is 58.7 Å². The van der Waals surface area contributed by atoms with Crippen molar-refractivity contribution in [2.24, 2.45) is 13.0 Å². The van der Waals surface area contributed by atoms with Crippen molar-refractivity contribution in [1.29, 1.82) is 0 Å². The van der Waals surface area contributed by atoms with E-state index in [2.05, 4.69) is 0 Å². The molecule has 0 aliphatic carbocycles. The molecule has 3 heterocycles. The number of piperazine rings is 1. The van der Waals surface area contributed by atoms with Crippen LogP contribution in [0.4, 0.5) is 4.79 Å². The molecule has 8 nitrogen and oxygen atoms in total. The molecule has 1 N–H and O–H groups in total. The topological polar surface area (TPSA) is 86.1 Å².